The van der Waals surface area contributed by atoms with Gasteiger partial charge in [-0.2, -0.15) is 4.31 Å². The monoisotopic (exact) mass is 474 g/mol. The van der Waals surface area contributed by atoms with Gasteiger partial charge in [-0.25, -0.2) is 16.8 Å². The van der Waals surface area contributed by atoms with E-state index in [0.29, 0.717) is 28.7 Å². The minimum absolute atomic E-state index is 0.0686. The number of sulfonamides is 2. The first kappa shape index (κ1) is 21.9. The van der Waals surface area contributed by atoms with Crippen molar-refractivity contribution in [2.75, 3.05) is 17.8 Å². The summed E-state index contributed by atoms with van der Waals surface area (Å²) in [6.07, 6.45) is 0. The molecule has 0 unspecified atom stereocenters. The molecule has 6 nitrogen and oxygen atoms in total. The molecule has 0 aliphatic heterocycles. The van der Waals surface area contributed by atoms with E-state index in [4.69, 9.17) is 0 Å². The van der Waals surface area contributed by atoms with E-state index in [9.17, 15) is 16.8 Å². The molecule has 0 spiro atoms. The molecule has 0 saturated carbocycles. The van der Waals surface area contributed by atoms with Gasteiger partial charge in [0.1, 0.15) is 4.90 Å². The van der Waals surface area contributed by atoms with Gasteiger partial charge >= 0.3 is 0 Å². The van der Waals surface area contributed by atoms with Crippen molar-refractivity contribution in [1.29, 1.82) is 0 Å². The van der Waals surface area contributed by atoms with Crippen LogP contribution in [0, 0.1) is 13.8 Å². The Labute approximate surface area is 169 Å². The largest absolute Gasteiger partial charge is 0.279 e. The zero-order valence-electron chi connectivity index (χ0n) is 15.7. The van der Waals surface area contributed by atoms with Crippen molar-refractivity contribution in [3.63, 3.8) is 0 Å². The summed E-state index contributed by atoms with van der Waals surface area (Å²) in [4.78, 5) is 0.151. The Morgan fingerprint density at radius 2 is 1.59 bits per heavy atom. The lowest BCUT2D eigenvalue weighted by Gasteiger charge is -2.21. The number of hydrogen-bond acceptors (Lipinski definition) is 4. The van der Waals surface area contributed by atoms with Crippen LogP contribution >= 0.6 is 15.9 Å². The summed E-state index contributed by atoms with van der Waals surface area (Å²) in [5.41, 5.74) is 1.61. The average Bonchev–Trinajstić information content (AvgIpc) is 2.59. The summed E-state index contributed by atoms with van der Waals surface area (Å²) in [7, 11) is -7.58. The molecule has 0 aliphatic carbocycles. The van der Waals surface area contributed by atoms with Crippen molar-refractivity contribution in [2.45, 2.75) is 37.5 Å². The van der Waals surface area contributed by atoms with E-state index in [1.54, 1.807) is 52.0 Å². The predicted octanol–water partition coefficient (Wildman–Crippen LogP) is 3.90. The second-order valence-electron chi connectivity index (χ2n) is 6.04. The van der Waals surface area contributed by atoms with Gasteiger partial charge in [0.05, 0.1) is 10.6 Å². The molecule has 0 aliphatic rings. The van der Waals surface area contributed by atoms with Gasteiger partial charge in [0, 0.05) is 17.6 Å². The Balaban J connectivity index is 2.56. The zero-order chi connectivity index (χ0) is 20.4. The molecule has 0 bridgehead atoms. The summed E-state index contributed by atoms with van der Waals surface area (Å²) in [5, 5.41) is 0. The van der Waals surface area contributed by atoms with Crippen molar-refractivity contribution >= 4 is 41.7 Å². The molecular formula is C18H23BrN2O4S2. The van der Waals surface area contributed by atoms with Crippen molar-refractivity contribution in [1.82, 2.24) is 4.31 Å². The van der Waals surface area contributed by atoms with Gasteiger partial charge in [-0.05, 0) is 65.2 Å². The van der Waals surface area contributed by atoms with Crippen LogP contribution < -0.4 is 4.72 Å². The smallest absolute Gasteiger partial charge is 0.263 e. The highest BCUT2D eigenvalue weighted by atomic mass is 79.9. The number of nitrogens with zero attached hydrogens (tertiary/aromatic N) is 1. The van der Waals surface area contributed by atoms with E-state index in [1.807, 2.05) is 0 Å². The number of hydrogen-bond donors (Lipinski definition) is 1. The Morgan fingerprint density at radius 3 is 2.15 bits per heavy atom. The van der Waals surface area contributed by atoms with E-state index >= 15 is 0 Å². The van der Waals surface area contributed by atoms with Crippen LogP contribution in [0.5, 0.6) is 0 Å². The standard InChI is InChI=1S/C18H23BrN2O4S2/c1-5-21(6-2)27(24,25)15-11-13(3)14(4)17(12-15)20-26(22,23)18-10-8-7-9-16(18)19/h7-12,20H,5-6H2,1-4H3. The first-order chi connectivity index (χ1) is 12.5. The summed E-state index contributed by atoms with van der Waals surface area (Å²) in [5.74, 6) is 0. The molecule has 0 aromatic heterocycles. The summed E-state index contributed by atoms with van der Waals surface area (Å²) < 4.78 is 55.6. The topological polar surface area (TPSA) is 83.6 Å². The molecule has 2 rings (SSSR count). The third kappa shape index (κ3) is 4.53. The SMILES string of the molecule is CCN(CC)S(=O)(=O)c1cc(C)c(C)c(NS(=O)(=O)c2ccccc2Br)c1. The second-order valence-corrected chi connectivity index (χ2v) is 10.5. The average molecular weight is 475 g/mol. The van der Waals surface area contributed by atoms with Crippen LogP contribution in [0.4, 0.5) is 5.69 Å². The molecule has 0 atom stereocenters. The molecular weight excluding hydrogens is 452 g/mol. The van der Waals surface area contributed by atoms with E-state index in [1.165, 1.54) is 16.4 Å². The number of aryl methyl sites for hydroxylation is 1. The normalized spacial score (nSPS) is 12.4. The second kappa shape index (κ2) is 8.30. The molecule has 2 aromatic carbocycles. The molecule has 0 amide bonds. The van der Waals surface area contributed by atoms with Crippen LogP contribution in [0.2, 0.25) is 0 Å². The third-order valence-corrected chi connectivity index (χ3v) is 8.76. The van der Waals surface area contributed by atoms with Crippen LogP contribution in [-0.2, 0) is 20.0 Å². The molecule has 0 radical (unpaired) electrons. The molecule has 1 N–H and O–H groups in total. The molecule has 0 fully saturated rings. The van der Waals surface area contributed by atoms with E-state index in [0.717, 1.165) is 0 Å². The lowest BCUT2D eigenvalue weighted by Crippen LogP contribution is -2.30. The van der Waals surface area contributed by atoms with Gasteiger partial charge in [0.2, 0.25) is 10.0 Å². The highest BCUT2D eigenvalue weighted by Gasteiger charge is 2.25. The van der Waals surface area contributed by atoms with Crippen molar-refractivity contribution in [3.8, 4) is 0 Å². The molecule has 9 heteroatoms. The van der Waals surface area contributed by atoms with Crippen LogP contribution in [-0.4, -0.2) is 34.2 Å². The molecule has 27 heavy (non-hydrogen) atoms. The van der Waals surface area contributed by atoms with Gasteiger partial charge in [0.25, 0.3) is 10.0 Å². The van der Waals surface area contributed by atoms with Crippen molar-refractivity contribution in [2.24, 2.45) is 0 Å². The molecule has 0 heterocycles. The summed E-state index contributed by atoms with van der Waals surface area (Å²) in [6.45, 7) is 7.71. The zero-order valence-corrected chi connectivity index (χ0v) is 18.9. The van der Waals surface area contributed by atoms with Gasteiger partial charge in [-0.15, -0.1) is 0 Å². The maximum absolute atomic E-state index is 12.8. The van der Waals surface area contributed by atoms with Crippen LogP contribution in [0.3, 0.4) is 0 Å². The number of nitrogens with one attached hydrogen (secondary N) is 1. The molecule has 2 aromatic rings. The third-order valence-electron chi connectivity index (χ3n) is 4.35. The lowest BCUT2D eigenvalue weighted by atomic mass is 10.1. The Kier molecular flexibility index (Phi) is 6.72. The maximum Gasteiger partial charge on any atom is 0.263 e. The van der Waals surface area contributed by atoms with Crippen molar-refractivity contribution < 1.29 is 16.8 Å². The van der Waals surface area contributed by atoms with Crippen LogP contribution in [0.1, 0.15) is 25.0 Å². The van der Waals surface area contributed by atoms with Gasteiger partial charge in [-0.1, -0.05) is 26.0 Å². The first-order valence-corrected chi connectivity index (χ1v) is 12.1. The lowest BCUT2D eigenvalue weighted by molar-refractivity contribution is 0.445. The minimum Gasteiger partial charge on any atom is -0.279 e. The molecule has 0 saturated heterocycles. The Bertz CT molecular complexity index is 1050. The quantitative estimate of drug-likeness (QED) is 0.659. The fourth-order valence-electron chi connectivity index (χ4n) is 2.66. The predicted molar refractivity (Wildman–Crippen MR) is 111 cm³/mol. The van der Waals surface area contributed by atoms with Gasteiger partial charge in [0.15, 0.2) is 0 Å². The number of benzene rings is 2. The first-order valence-electron chi connectivity index (χ1n) is 8.43. The summed E-state index contributed by atoms with van der Waals surface area (Å²) in [6, 6.07) is 9.40. The number of halogens is 1. The Hall–Kier alpha value is -1.42. The molecule has 148 valence electrons. The fourth-order valence-corrected chi connectivity index (χ4v) is 6.34. The minimum atomic E-state index is -3.88. The summed E-state index contributed by atoms with van der Waals surface area (Å²) >= 11 is 3.24. The van der Waals surface area contributed by atoms with Crippen LogP contribution in [0.15, 0.2) is 50.7 Å². The van der Waals surface area contributed by atoms with E-state index in [2.05, 4.69) is 20.7 Å². The van der Waals surface area contributed by atoms with Crippen LogP contribution in [0.25, 0.3) is 0 Å². The highest BCUT2D eigenvalue weighted by Crippen LogP contribution is 2.29. The van der Waals surface area contributed by atoms with E-state index < -0.39 is 20.0 Å². The Morgan fingerprint density at radius 1 is 1.00 bits per heavy atom. The maximum atomic E-state index is 12.8. The fraction of sp³-hybridized carbons (Fsp3) is 0.333. The number of anilines is 1. The number of rotatable bonds is 7. The van der Waals surface area contributed by atoms with E-state index in [-0.39, 0.29) is 15.5 Å². The van der Waals surface area contributed by atoms with Gasteiger partial charge in [-0.3, -0.25) is 4.72 Å². The van der Waals surface area contributed by atoms with Gasteiger partial charge < -0.3 is 0 Å². The van der Waals surface area contributed by atoms with Crippen molar-refractivity contribution in [3.05, 3.63) is 52.0 Å². The highest BCUT2D eigenvalue weighted by molar-refractivity contribution is 9.10.